The fourth-order valence-electron chi connectivity index (χ4n) is 8.37. The average Bonchev–Trinajstić information content (AvgIpc) is 3.62. The highest BCUT2D eigenvalue weighted by Crippen LogP contribution is 2.79. The minimum absolute atomic E-state index is 0.137. The van der Waals surface area contributed by atoms with Crippen LogP contribution in [0.4, 0.5) is 0 Å². The van der Waals surface area contributed by atoms with E-state index >= 15 is 0 Å². The number of hydrogen-bond acceptors (Lipinski definition) is 6. The van der Waals surface area contributed by atoms with Gasteiger partial charge in [-0.2, -0.15) is 10.2 Å². The van der Waals surface area contributed by atoms with Crippen molar-refractivity contribution in [2.45, 2.75) is 38.7 Å². The Balaban J connectivity index is 1.48. The van der Waals surface area contributed by atoms with E-state index in [1.807, 2.05) is 0 Å². The van der Waals surface area contributed by atoms with Crippen LogP contribution in [0.2, 0.25) is 0 Å². The third-order valence-electron chi connectivity index (χ3n) is 9.34. The van der Waals surface area contributed by atoms with Crippen molar-refractivity contribution < 1.29 is 16.8 Å². The average molecular weight is 481 g/mol. The van der Waals surface area contributed by atoms with Gasteiger partial charge in [0.2, 0.25) is 0 Å². The van der Waals surface area contributed by atoms with Gasteiger partial charge in [-0.1, -0.05) is 48.6 Å². The smallest absolute Gasteiger partial charge is 0.182 e. The molecule has 3 fully saturated rings. The van der Waals surface area contributed by atoms with Crippen molar-refractivity contribution in [3.05, 3.63) is 72.8 Å². The van der Waals surface area contributed by atoms with E-state index in [0.717, 1.165) is 6.42 Å². The Morgan fingerprint density at radius 3 is 1.85 bits per heavy atom. The molecule has 3 saturated carbocycles. The van der Waals surface area contributed by atoms with E-state index in [1.54, 1.807) is 60.7 Å². The summed E-state index contributed by atoms with van der Waals surface area (Å²) in [4.78, 5) is 0.384. The number of fused-ring (bicyclic) bond motifs is 4. The van der Waals surface area contributed by atoms with Crippen LogP contribution in [0.25, 0.3) is 0 Å². The van der Waals surface area contributed by atoms with Crippen molar-refractivity contribution in [3.63, 3.8) is 0 Å². The Morgan fingerprint density at radius 2 is 1.24 bits per heavy atom. The molecule has 4 bridgehead atoms. The summed E-state index contributed by atoms with van der Waals surface area (Å²) in [6, 6.07) is 16.7. The monoisotopic (exact) mass is 480 g/mol. The minimum Gasteiger partial charge on any atom is -0.223 e. The Hall–Kier alpha value is -2.32. The molecule has 2 aromatic rings. The van der Waals surface area contributed by atoms with Crippen LogP contribution in [-0.2, 0) is 19.7 Å². The molecule has 0 amide bonds. The summed E-state index contributed by atoms with van der Waals surface area (Å²) >= 11 is 0. The highest BCUT2D eigenvalue weighted by molar-refractivity contribution is 7.96. The molecular weight excluding hydrogens is 456 g/mol. The minimum atomic E-state index is -3.92. The van der Waals surface area contributed by atoms with Gasteiger partial charge in [-0.05, 0) is 48.9 Å². The van der Waals surface area contributed by atoms with Gasteiger partial charge < -0.3 is 0 Å². The lowest BCUT2D eigenvalue weighted by Gasteiger charge is -2.51. The van der Waals surface area contributed by atoms with E-state index in [4.69, 9.17) is 5.11 Å². The lowest BCUT2D eigenvalue weighted by Crippen LogP contribution is -2.63. The largest absolute Gasteiger partial charge is 0.223 e. The Kier molecular flexibility index (Phi) is 3.78. The van der Waals surface area contributed by atoms with Crippen LogP contribution < -0.4 is 0 Å². The second-order valence-electron chi connectivity index (χ2n) is 10.2. The first-order valence-electron chi connectivity index (χ1n) is 11.5. The molecule has 0 radical (unpaired) electrons. The van der Waals surface area contributed by atoms with E-state index in [-0.39, 0.29) is 38.9 Å². The van der Waals surface area contributed by atoms with Crippen molar-refractivity contribution in [2.24, 2.45) is 39.3 Å². The van der Waals surface area contributed by atoms with E-state index < -0.39 is 35.7 Å². The van der Waals surface area contributed by atoms with Crippen molar-refractivity contribution >= 4 is 19.7 Å². The molecule has 0 saturated heterocycles. The molecule has 7 rings (SSSR count). The van der Waals surface area contributed by atoms with Gasteiger partial charge in [0, 0.05) is 17.3 Å². The summed E-state index contributed by atoms with van der Waals surface area (Å²) in [5, 5.41) is 7.26. The van der Waals surface area contributed by atoms with Crippen LogP contribution in [0, 0.1) is 29.1 Å². The van der Waals surface area contributed by atoms with Gasteiger partial charge in [-0.3, -0.25) is 0 Å². The highest BCUT2D eigenvalue weighted by Gasteiger charge is 2.85. The molecule has 1 heterocycles. The maximum absolute atomic E-state index is 14.1. The summed E-state index contributed by atoms with van der Waals surface area (Å²) in [6.45, 7) is 0.499. The predicted molar refractivity (Wildman–Crippen MR) is 122 cm³/mol. The van der Waals surface area contributed by atoms with Gasteiger partial charge in [0.05, 0.1) is 26.8 Å². The van der Waals surface area contributed by atoms with Crippen LogP contribution in [0.15, 0.2) is 92.8 Å². The van der Waals surface area contributed by atoms with Crippen LogP contribution in [0.5, 0.6) is 0 Å². The first kappa shape index (κ1) is 20.1. The van der Waals surface area contributed by atoms with E-state index in [0.29, 0.717) is 13.0 Å². The van der Waals surface area contributed by atoms with Crippen molar-refractivity contribution in [2.75, 3.05) is 6.54 Å². The van der Waals surface area contributed by atoms with Gasteiger partial charge >= 0.3 is 0 Å². The number of allylic oxidation sites excluding steroid dienone is 1. The van der Waals surface area contributed by atoms with Gasteiger partial charge in [-0.25, -0.2) is 16.8 Å². The predicted octanol–water partition coefficient (Wildman–Crippen LogP) is 3.72. The van der Waals surface area contributed by atoms with Crippen LogP contribution in [0.1, 0.15) is 12.8 Å². The highest BCUT2D eigenvalue weighted by atomic mass is 32.2. The first-order valence-corrected chi connectivity index (χ1v) is 14.6. The normalized spacial score (nSPS) is 42.1. The Labute approximate surface area is 193 Å². The zero-order valence-corrected chi connectivity index (χ0v) is 19.5. The van der Waals surface area contributed by atoms with Gasteiger partial charge in [0.1, 0.15) is 5.54 Å². The number of azo groups is 1. The molecule has 0 spiro atoms. The SMILES string of the molecule is O=S(=O)(c1ccccc1)[C@@H]1[C@H](S(=O)(=O)c2ccccc2)[C@H]2C[C@@H]1[C@]13N=NC[C@]21[C@H]1C=C[C@H]3C1. The molecule has 8 atom stereocenters. The summed E-state index contributed by atoms with van der Waals surface area (Å²) in [5.41, 5.74) is -0.974. The third-order valence-corrected chi connectivity index (χ3v) is 14.0. The van der Waals surface area contributed by atoms with Gasteiger partial charge in [0.15, 0.2) is 19.7 Å². The molecule has 4 aliphatic carbocycles. The second-order valence-corrected chi connectivity index (χ2v) is 14.4. The number of hydrogen-bond donors (Lipinski definition) is 0. The van der Waals surface area contributed by atoms with E-state index in [1.165, 1.54) is 0 Å². The van der Waals surface area contributed by atoms with Crippen molar-refractivity contribution in [1.29, 1.82) is 0 Å². The molecule has 5 aliphatic rings. The van der Waals surface area contributed by atoms with Crippen molar-refractivity contribution in [3.8, 4) is 0 Å². The molecule has 6 nitrogen and oxygen atoms in total. The molecule has 0 aromatic heterocycles. The van der Waals surface area contributed by atoms with E-state index in [9.17, 15) is 16.8 Å². The number of benzene rings is 2. The molecule has 2 aromatic carbocycles. The van der Waals surface area contributed by atoms with Gasteiger partial charge in [0.25, 0.3) is 0 Å². The summed E-state index contributed by atoms with van der Waals surface area (Å²) in [7, 11) is -7.82. The Bertz CT molecular complexity index is 1420. The fraction of sp³-hybridized carbons (Fsp3) is 0.440. The van der Waals surface area contributed by atoms with Gasteiger partial charge in [-0.15, -0.1) is 0 Å². The zero-order valence-electron chi connectivity index (χ0n) is 17.9. The molecular formula is C25H24N2O4S2. The molecule has 170 valence electrons. The maximum Gasteiger partial charge on any atom is 0.182 e. The summed E-state index contributed by atoms with van der Waals surface area (Å²) in [5.74, 6) is -0.299. The molecule has 8 heteroatoms. The van der Waals surface area contributed by atoms with Crippen LogP contribution in [0.3, 0.4) is 0 Å². The lowest BCUT2D eigenvalue weighted by atomic mass is 9.57. The molecule has 0 unspecified atom stereocenters. The fourth-order valence-corrected chi connectivity index (χ4v) is 13.6. The molecule has 0 N–H and O–H groups in total. The second kappa shape index (κ2) is 6.21. The van der Waals surface area contributed by atoms with Crippen LogP contribution in [-0.4, -0.2) is 39.4 Å². The van der Waals surface area contributed by atoms with Crippen LogP contribution >= 0.6 is 0 Å². The number of sulfone groups is 2. The zero-order chi connectivity index (χ0) is 22.6. The van der Waals surface area contributed by atoms with E-state index in [2.05, 4.69) is 17.3 Å². The third kappa shape index (κ3) is 2.12. The first-order chi connectivity index (χ1) is 15.8. The Morgan fingerprint density at radius 1 is 0.697 bits per heavy atom. The topological polar surface area (TPSA) is 93.0 Å². The standard InChI is InChI=1S/C25H24N2O4S2/c28-32(29,18-7-3-1-4-8-18)22-20-14-21(23(22)33(30,31)19-9-5-2-6-10-19)25-17-12-11-16(13-17)24(20,25)15-26-27-25/h1-12,16-17,20-23H,13-15H2/t16-,17-,20+,21-,22+,23-,24-,25-/m0/s1. The van der Waals surface area contributed by atoms with Crippen molar-refractivity contribution in [1.82, 2.24) is 0 Å². The molecule has 1 aliphatic heterocycles. The summed E-state index contributed by atoms with van der Waals surface area (Å²) in [6.07, 6.45) is 5.89. The number of rotatable bonds is 4. The molecule has 33 heavy (non-hydrogen) atoms. The number of nitrogens with zero attached hydrogens (tertiary/aromatic N) is 2. The quantitative estimate of drug-likeness (QED) is 0.624. The summed E-state index contributed by atoms with van der Waals surface area (Å²) < 4.78 is 56.6. The maximum atomic E-state index is 14.1. The lowest BCUT2D eigenvalue weighted by molar-refractivity contribution is 0.0740.